The van der Waals surface area contributed by atoms with E-state index in [9.17, 15) is 9.90 Å². The Kier molecular flexibility index (Phi) is 7.21. The minimum Gasteiger partial charge on any atom is -0.508 e. The Balaban J connectivity index is 1.93. The Morgan fingerprint density at radius 1 is 1.25 bits per heavy atom. The maximum Gasteiger partial charge on any atom is 0.164 e. The first-order valence-corrected chi connectivity index (χ1v) is 12.3. The Hall–Kier alpha value is -2.10. The Bertz CT molecular complexity index is 909. The minimum atomic E-state index is -0.378. The van der Waals surface area contributed by atoms with E-state index in [4.69, 9.17) is 10.1 Å². The van der Waals surface area contributed by atoms with Crippen LogP contribution in [0.4, 0.5) is 0 Å². The summed E-state index contributed by atoms with van der Waals surface area (Å²) >= 11 is 0. The van der Waals surface area contributed by atoms with Crippen LogP contribution in [0.2, 0.25) is 0 Å². The normalized spacial score (nSPS) is 21.8. The fourth-order valence-corrected chi connectivity index (χ4v) is 5.51. The second-order valence-electron chi connectivity index (χ2n) is 11.1. The molecule has 4 heteroatoms. The zero-order valence-corrected chi connectivity index (χ0v) is 20.8. The van der Waals surface area contributed by atoms with Gasteiger partial charge in [0.2, 0.25) is 0 Å². The van der Waals surface area contributed by atoms with Crippen molar-refractivity contribution in [3.63, 3.8) is 0 Å². The van der Waals surface area contributed by atoms with Gasteiger partial charge in [0.1, 0.15) is 17.1 Å². The van der Waals surface area contributed by atoms with Gasteiger partial charge in [0.05, 0.1) is 0 Å². The number of aromatic hydroxyl groups is 1. The largest absolute Gasteiger partial charge is 0.508 e. The zero-order valence-electron chi connectivity index (χ0n) is 20.8. The summed E-state index contributed by atoms with van der Waals surface area (Å²) in [5.41, 5.74) is 2.72. The zero-order chi connectivity index (χ0) is 23.7. The van der Waals surface area contributed by atoms with Crippen LogP contribution in [0.25, 0.3) is 0 Å². The van der Waals surface area contributed by atoms with Crippen LogP contribution in [0.5, 0.6) is 11.5 Å². The van der Waals surface area contributed by atoms with E-state index >= 15 is 0 Å². The average Bonchev–Trinajstić information content (AvgIpc) is 2.69. The van der Waals surface area contributed by atoms with Crippen LogP contribution >= 0.6 is 0 Å². The van der Waals surface area contributed by atoms with Gasteiger partial charge in [-0.25, -0.2) is 0 Å². The summed E-state index contributed by atoms with van der Waals surface area (Å²) in [6, 6.07) is 4.06. The number of fused-ring (bicyclic) bond motifs is 3. The van der Waals surface area contributed by atoms with E-state index in [1.165, 1.54) is 25.7 Å². The van der Waals surface area contributed by atoms with E-state index in [-0.39, 0.29) is 35.1 Å². The molecule has 0 amide bonds. The fraction of sp³-hybridized carbons (Fsp3) is 0.643. The highest BCUT2D eigenvalue weighted by Gasteiger charge is 2.47. The van der Waals surface area contributed by atoms with Crippen LogP contribution in [0.15, 0.2) is 23.8 Å². The smallest absolute Gasteiger partial charge is 0.164 e. The van der Waals surface area contributed by atoms with Gasteiger partial charge >= 0.3 is 0 Å². The van der Waals surface area contributed by atoms with E-state index in [1.54, 1.807) is 6.92 Å². The minimum absolute atomic E-state index is 0.0334. The van der Waals surface area contributed by atoms with Crippen molar-refractivity contribution in [3.8, 4) is 11.5 Å². The molecule has 1 heterocycles. The van der Waals surface area contributed by atoms with Crippen LogP contribution in [0.1, 0.15) is 110 Å². The molecule has 0 saturated carbocycles. The number of phenols is 1. The summed E-state index contributed by atoms with van der Waals surface area (Å²) in [6.45, 7) is 12.6. The summed E-state index contributed by atoms with van der Waals surface area (Å²) in [4.78, 5) is 12.7. The number of phenolic OH excluding ortho intramolecular Hbond substituents is 1. The molecule has 176 valence electrons. The van der Waals surface area contributed by atoms with Crippen LogP contribution in [0.3, 0.4) is 0 Å². The summed E-state index contributed by atoms with van der Waals surface area (Å²) in [5, 5.41) is 18.9. The number of carbonyl (C=O) groups excluding carboxylic acids is 1. The third kappa shape index (κ3) is 5.10. The molecule has 2 N–H and O–H groups in total. The molecular weight excluding hydrogens is 398 g/mol. The molecule has 0 bridgehead atoms. The number of allylic oxidation sites excluding steroid dienone is 2. The first kappa shape index (κ1) is 24.5. The number of rotatable bonds is 9. The molecule has 0 radical (unpaired) electrons. The van der Waals surface area contributed by atoms with Crippen molar-refractivity contribution in [2.45, 2.75) is 110 Å². The third-order valence-electron chi connectivity index (χ3n) is 7.52. The average molecular weight is 440 g/mol. The first-order valence-electron chi connectivity index (χ1n) is 12.3. The molecule has 0 aromatic heterocycles. The molecule has 1 aliphatic heterocycles. The second-order valence-corrected chi connectivity index (χ2v) is 11.1. The lowest BCUT2D eigenvalue weighted by Gasteiger charge is -2.47. The van der Waals surface area contributed by atoms with Crippen molar-refractivity contribution in [1.82, 2.24) is 0 Å². The van der Waals surface area contributed by atoms with Crippen molar-refractivity contribution >= 4 is 11.5 Å². The molecule has 2 aliphatic rings. The highest BCUT2D eigenvalue weighted by atomic mass is 16.5. The number of hydrogen-bond acceptors (Lipinski definition) is 4. The highest BCUT2D eigenvalue weighted by Crippen LogP contribution is 2.55. The van der Waals surface area contributed by atoms with Crippen LogP contribution in [-0.2, 0) is 10.2 Å². The quantitative estimate of drug-likeness (QED) is 0.315. The summed E-state index contributed by atoms with van der Waals surface area (Å²) in [6.07, 6.45) is 9.54. The topological polar surface area (TPSA) is 70.4 Å². The summed E-state index contributed by atoms with van der Waals surface area (Å²) in [7, 11) is 0. The van der Waals surface area contributed by atoms with Gasteiger partial charge in [-0.05, 0) is 68.7 Å². The monoisotopic (exact) mass is 439 g/mol. The van der Waals surface area contributed by atoms with Crippen molar-refractivity contribution in [1.29, 1.82) is 5.41 Å². The van der Waals surface area contributed by atoms with Gasteiger partial charge in [0, 0.05) is 29.5 Å². The number of ether oxygens (including phenoxy) is 1. The van der Waals surface area contributed by atoms with Crippen LogP contribution in [0, 0.1) is 11.3 Å². The van der Waals surface area contributed by atoms with Crippen molar-refractivity contribution in [3.05, 3.63) is 34.9 Å². The Morgan fingerprint density at radius 3 is 2.62 bits per heavy atom. The second kappa shape index (κ2) is 9.41. The van der Waals surface area contributed by atoms with E-state index in [0.717, 1.165) is 35.3 Å². The molecule has 2 atom stereocenters. The Morgan fingerprint density at radius 2 is 1.97 bits per heavy atom. The molecule has 0 spiro atoms. The number of hydrogen-bond donors (Lipinski definition) is 2. The van der Waals surface area contributed by atoms with Crippen molar-refractivity contribution in [2.24, 2.45) is 5.92 Å². The summed E-state index contributed by atoms with van der Waals surface area (Å²) in [5.74, 6) is 1.34. The number of unbranched alkanes of at least 4 members (excludes halogenated alkanes) is 3. The molecule has 1 aliphatic carbocycles. The molecule has 4 nitrogen and oxygen atoms in total. The Labute approximate surface area is 194 Å². The predicted molar refractivity (Wildman–Crippen MR) is 131 cm³/mol. The maximum absolute atomic E-state index is 12.7. The van der Waals surface area contributed by atoms with Crippen LogP contribution < -0.4 is 4.74 Å². The molecule has 0 unspecified atom stereocenters. The highest BCUT2D eigenvalue weighted by molar-refractivity contribution is 6.07. The van der Waals surface area contributed by atoms with Crippen molar-refractivity contribution in [2.75, 3.05) is 0 Å². The van der Waals surface area contributed by atoms with Gasteiger partial charge in [-0.3, -0.25) is 4.79 Å². The van der Waals surface area contributed by atoms with E-state index in [1.807, 2.05) is 12.1 Å². The van der Waals surface area contributed by atoms with Gasteiger partial charge < -0.3 is 15.3 Å². The molecule has 1 aromatic carbocycles. The first-order chi connectivity index (χ1) is 15.0. The molecule has 0 fully saturated rings. The lowest BCUT2D eigenvalue weighted by atomic mass is 9.66. The van der Waals surface area contributed by atoms with Crippen LogP contribution in [-0.4, -0.2) is 22.2 Å². The SMILES string of the molecule is CCCCCCC(C)(C)c1cc(O)c2c(c1)OC(C)(C)[C@@H]1CC=C(C(=O)CC(C)=N)C[C@@H]21. The van der Waals surface area contributed by atoms with Crippen molar-refractivity contribution < 1.29 is 14.6 Å². The number of Topliss-reactive ketones (excluding diaryl/α,β-unsaturated/α-hetero) is 1. The van der Waals surface area contributed by atoms with Gasteiger partial charge in [0.15, 0.2) is 5.78 Å². The lowest BCUT2D eigenvalue weighted by Crippen LogP contribution is -2.46. The van der Waals surface area contributed by atoms with Gasteiger partial charge in [-0.15, -0.1) is 0 Å². The molecule has 32 heavy (non-hydrogen) atoms. The molecule has 0 saturated heterocycles. The predicted octanol–water partition coefficient (Wildman–Crippen LogP) is 7.23. The van der Waals surface area contributed by atoms with Gasteiger partial charge in [0.25, 0.3) is 0 Å². The number of benzene rings is 1. The molecule has 1 aromatic rings. The van der Waals surface area contributed by atoms with E-state index in [0.29, 0.717) is 17.9 Å². The maximum atomic E-state index is 12.7. The summed E-state index contributed by atoms with van der Waals surface area (Å²) < 4.78 is 6.50. The van der Waals surface area contributed by atoms with Gasteiger partial charge in [-0.1, -0.05) is 52.5 Å². The fourth-order valence-electron chi connectivity index (χ4n) is 5.51. The van der Waals surface area contributed by atoms with Gasteiger partial charge in [-0.2, -0.15) is 0 Å². The third-order valence-corrected chi connectivity index (χ3v) is 7.52. The number of nitrogens with one attached hydrogen (secondary N) is 1. The molecular formula is C28H41NO3. The lowest BCUT2D eigenvalue weighted by molar-refractivity contribution is -0.115. The number of ketones is 1. The standard InChI is InChI=1S/C28H41NO3/c1-7-8-9-10-13-27(3,4)20-16-24(31)26-21-15-19(23(30)14-18(2)29)11-12-22(21)28(5,6)32-25(26)17-20/h11,16-17,21-22,29,31H,7-10,12-15H2,1-6H3/t21-,22-/m1/s1. The van der Waals surface area contributed by atoms with E-state index < -0.39 is 0 Å². The molecule has 3 rings (SSSR count). The van der Waals surface area contributed by atoms with E-state index in [2.05, 4.69) is 40.7 Å². The number of carbonyl (C=O) groups is 1.